The van der Waals surface area contributed by atoms with Gasteiger partial charge in [-0.1, -0.05) is 201 Å². The quantitative estimate of drug-likeness (QED) is 0.0562. The summed E-state index contributed by atoms with van der Waals surface area (Å²) in [4.78, 5) is 0. The summed E-state index contributed by atoms with van der Waals surface area (Å²) in [5.41, 5.74) is 7.55. The van der Waals surface area contributed by atoms with Crippen LogP contribution < -0.4 is 5.73 Å². The second-order valence-electron chi connectivity index (χ2n) is 13.1. The summed E-state index contributed by atoms with van der Waals surface area (Å²) in [7, 11) is 0. The van der Waals surface area contributed by atoms with Crippen LogP contribution in [0.3, 0.4) is 0 Å². The zero-order valence-electron chi connectivity index (χ0n) is 28.0. The Hall–Kier alpha value is 0.690. The molecule has 2 heteroatoms. The summed E-state index contributed by atoms with van der Waals surface area (Å²) < 4.78 is 0. The van der Waals surface area contributed by atoms with Gasteiger partial charge in [0.1, 0.15) is 0 Å². The van der Waals surface area contributed by atoms with Gasteiger partial charge in [0.25, 0.3) is 0 Å². The highest BCUT2D eigenvalue weighted by atomic mass is 127. The minimum absolute atomic E-state index is 0. The maximum atomic E-state index is 7.45. The Morgan fingerprint density at radius 3 is 0.872 bits per heavy atom. The monoisotopic (exact) mass is 664 g/mol. The lowest BCUT2D eigenvalue weighted by Gasteiger charge is -2.39. The molecule has 0 fully saturated rings. The van der Waals surface area contributed by atoms with E-state index in [0.29, 0.717) is 0 Å². The minimum Gasteiger partial charge on any atom is -0.325 e. The molecule has 1 nitrogen and oxygen atoms in total. The number of rotatable bonds is 32. The predicted molar refractivity (Wildman–Crippen MR) is 192 cm³/mol. The summed E-state index contributed by atoms with van der Waals surface area (Å²) in [6, 6.07) is 0. The van der Waals surface area contributed by atoms with Crippen LogP contribution in [0.25, 0.3) is 0 Å². The molecule has 0 bridgehead atoms. The fourth-order valence-corrected chi connectivity index (χ4v) is 6.59. The molecular formula is C37H78IN. The van der Waals surface area contributed by atoms with Gasteiger partial charge in [-0.3, -0.25) is 0 Å². The SMILES string of the molecule is CCCCCCCCCCCCCCC(CCCCCCC)C(N)(CCCCCCC)CCCCCCC.I. The lowest BCUT2D eigenvalue weighted by Crippen LogP contribution is -2.47. The third kappa shape index (κ3) is 27.3. The number of halogens is 1. The van der Waals surface area contributed by atoms with Gasteiger partial charge in [0, 0.05) is 5.54 Å². The Balaban J connectivity index is 0. The van der Waals surface area contributed by atoms with Crippen LogP contribution in [0.5, 0.6) is 0 Å². The fraction of sp³-hybridized carbons (Fsp3) is 1.00. The molecule has 0 radical (unpaired) electrons. The van der Waals surface area contributed by atoms with E-state index < -0.39 is 0 Å². The molecule has 0 aromatic heterocycles. The van der Waals surface area contributed by atoms with E-state index in [1.807, 2.05) is 0 Å². The van der Waals surface area contributed by atoms with Crippen molar-refractivity contribution in [3.63, 3.8) is 0 Å². The second kappa shape index (κ2) is 33.2. The van der Waals surface area contributed by atoms with E-state index in [2.05, 4.69) is 27.7 Å². The summed E-state index contributed by atoms with van der Waals surface area (Å²) in [5.74, 6) is 0.754. The summed E-state index contributed by atoms with van der Waals surface area (Å²) in [6.07, 6.45) is 43.5. The average molecular weight is 664 g/mol. The van der Waals surface area contributed by atoms with Crippen LogP contribution in [0.15, 0.2) is 0 Å². The van der Waals surface area contributed by atoms with Crippen LogP contribution in [0.1, 0.15) is 227 Å². The van der Waals surface area contributed by atoms with Crippen molar-refractivity contribution < 1.29 is 0 Å². The molecule has 0 aromatic carbocycles. The summed E-state index contributed by atoms with van der Waals surface area (Å²) >= 11 is 0. The van der Waals surface area contributed by atoms with E-state index in [9.17, 15) is 0 Å². The van der Waals surface area contributed by atoms with Gasteiger partial charge in [-0.25, -0.2) is 0 Å². The number of hydrogen-bond donors (Lipinski definition) is 1. The molecule has 0 spiro atoms. The Kier molecular flexibility index (Phi) is 35.6. The first-order chi connectivity index (χ1) is 18.6. The summed E-state index contributed by atoms with van der Waals surface area (Å²) in [6.45, 7) is 9.30. The molecule has 0 aliphatic rings. The van der Waals surface area contributed by atoms with Gasteiger partial charge in [-0.15, -0.1) is 24.0 Å². The van der Waals surface area contributed by atoms with E-state index >= 15 is 0 Å². The van der Waals surface area contributed by atoms with Crippen molar-refractivity contribution in [1.82, 2.24) is 0 Å². The van der Waals surface area contributed by atoms with Crippen molar-refractivity contribution in [3.05, 3.63) is 0 Å². The molecule has 0 heterocycles. The van der Waals surface area contributed by atoms with E-state index in [0.717, 1.165) is 5.92 Å². The molecule has 0 saturated carbocycles. The second-order valence-corrected chi connectivity index (χ2v) is 13.1. The lowest BCUT2D eigenvalue weighted by molar-refractivity contribution is 0.189. The number of unbranched alkanes of at least 4 members (excludes halogenated alkanes) is 23. The standard InChI is InChI=1S/C37H77N.HI/c1-5-9-13-17-18-19-20-21-22-23-25-29-33-36(32-28-24-14-10-6-2)37(38,34-30-26-15-11-7-3)35-31-27-16-12-8-4;/h36H,5-35,38H2,1-4H3;1H. The third-order valence-corrected chi connectivity index (χ3v) is 9.37. The van der Waals surface area contributed by atoms with Crippen molar-refractivity contribution in [1.29, 1.82) is 0 Å². The van der Waals surface area contributed by atoms with Crippen LogP contribution in [0.4, 0.5) is 0 Å². The number of nitrogens with two attached hydrogens (primary N) is 1. The van der Waals surface area contributed by atoms with Crippen LogP contribution >= 0.6 is 24.0 Å². The van der Waals surface area contributed by atoms with E-state index in [1.54, 1.807) is 0 Å². The van der Waals surface area contributed by atoms with Crippen molar-refractivity contribution in [2.24, 2.45) is 11.7 Å². The first kappa shape index (κ1) is 41.8. The molecule has 0 aliphatic heterocycles. The highest BCUT2D eigenvalue weighted by Gasteiger charge is 2.33. The molecule has 2 N–H and O–H groups in total. The first-order valence-electron chi connectivity index (χ1n) is 18.4. The third-order valence-electron chi connectivity index (χ3n) is 9.37. The maximum absolute atomic E-state index is 7.45. The molecule has 0 saturated heterocycles. The molecular weight excluding hydrogens is 585 g/mol. The normalized spacial score (nSPS) is 12.5. The Morgan fingerprint density at radius 2 is 0.590 bits per heavy atom. The zero-order chi connectivity index (χ0) is 28.0. The van der Waals surface area contributed by atoms with Crippen LogP contribution in [0, 0.1) is 5.92 Å². The van der Waals surface area contributed by atoms with E-state index in [1.165, 1.54) is 199 Å². The average Bonchev–Trinajstić information content (AvgIpc) is 2.92. The van der Waals surface area contributed by atoms with Crippen LogP contribution in [-0.2, 0) is 0 Å². The molecule has 0 aliphatic carbocycles. The molecule has 0 aromatic rings. The molecule has 0 rings (SSSR count). The van der Waals surface area contributed by atoms with Gasteiger partial charge in [-0.05, 0) is 31.6 Å². The van der Waals surface area contributed by atoms with Crippen molar-refractivity contribution in [2.75, 3.05) is 0 Å². The Labute approximate surface area is 266 Å². The van der Waals surface area contributed by atoms with Crippen LogP contribution in [-0.4, -0.2) is 5.54 Å². The smallest absolute Gasteiger partial charge is 0.0182 e. The highest BCUT2D eigenvalue weighted by molar-refractivity contribution is 14.0. The van der Waals surface area contributed by atoms with E-state index in [4.69, 9.17) is 5.73 Å². The van der Waals surface area contributed by atoms with E-state index in [-0.39, 0.29) is 29.5 Å². The topological polar surface area (TPSA) is 26.0 Å². The van der Waals surface area contributed by atoms with Crippen molar-refractivity contribution >= 4 is 24.0 Å². The van der Waals surface area contributed by atoms with Gasteiger partial charge in [-0.2, -0.15) is 0 Å². The Morgan fingerprint density at radius 1 is 0.359 bits per heavy atom. The molecule has 0 amide bonds. The molecule has 1 unspecified atom stereocenters. The Bertz CT molecular complexity index is 423. The maximum Gasteiger partial charge on any atom is 0.0182 e. The van der Waals surface area contributed by atoms with Crippen LogP contribution in [0.2, 0.25) is 0 Å². The van der Waals surface area contributed by atoms with Gasteiger partial charge >= 0.3 is 0 Å². The first-order valence-corrected chi connectivity index (χ1v) is 18.4. The molecule has 238 valence electrons. The molecule has 39 heavy (non-hydrogen) atoms. The summed E-state index contributed by atoms with van der Waals surface area (Å²) in [5, 5.41) is 0. The van der Waals surface area contributed by atoms with Gasteiger partial charge in [0.15, 0.2) is 0 Å². The largest absolute Gasteiger partial charge is 0.325 e. The van der Waals surface area contributed by atoms with Crippen molar-refractivity contribution in [3.8, 4) is 0 Å². The molecule has 1 atom stereocenters. The number of hydrogen-bond acceptors (Lipinski definition) is 1. The minimum atomic E-state index is 0. The predicted octanol–water partition coefficient (Wildman–Crippen LogP) is 14.1. The zero-order valence-corrected chi connectivity index (χ0v) is 30.3. The van der Waals surface area contributed by atoms with Gasteiger partial charge in [0.2, 0.25) is 0 Å². The van der Waals surface area contributed by atoms with Gasteiger partial charge in [0.05, 0.1) is 0 Å². The lowest BCUT2D eigenvalue weighted by atomic mass is 9.72. The fourth-order valence-electron chi connectivity index (χ4n) is 6.59. The van der Waals surface area contributed by atoms with Crippen molar-refractivity contribution in [2.45, 2.75) is 232 Å². The highest BCUT2D eigenvalue weighted by Crippen LogP contribution is 2.35. The van der Waals surface area contributed by atoms with Gasteiger partial charge < -0.3 is 5.73 Å².